The van der Waals surface area contributed by atoms with E-state index in [1.165, 1.54) is 24.0 Å². The molecule has 0 aliphatic heterocycles. The van der Waals surface area contributed by atoms with E-state index in [1.54, 1.807) is 0 Å². The predicted octanol–water partition coefficient (Wildman–Crippen LogP) is 4.01. The van der Waals surface area contributed by atoms with Gasteiger partial charge in [-0.3, -0.25) is 0 Å². The number of allylic oxidation sites excluding steroid dienone is 2. The molecule has 1 heterocycles. The number of hydrogen-bond donors (Lipinski definition) is 1. The summed E-state index contributed by atoms with van der Waals surface area (Å²) in [6.07, 6.45) is 4.79. The van der Waals surface area contributed by atoms with Crippen molar-refractivity contribution in [3.05, 3.63) is 23.5 Å². The molecule has 0 radical (unpaired) electrons. The van der Waals surface area contributed by atoms with Gasteiger partial charge in [0, 0.05) is 11.6 Å². The van der Waals surface area contributed by atoms with Crippen molar-refractivity contribution >= 4 is 11.5 Å². The first kappa shape index (κ1) is 11.9. The number of aryl methyl sites for hydroxylation is 1. The molecular weight excluding hydrogens is 186 g/mol. The monoisotopic (exact) mass is 207 g/mol. The number of hydrogen-bond acceptors (Lipinski definition) is 2. The Morgan fingerprint density at radius 2 is 2.07 bits per heavy atom. The van der Waals surface area contributed by atoms with Crippen LogP contribution in [-0.4, -0.2) is 0 Å². The first-order valence-electron chi connectivity index (χ1n) is 5.75. The minimum atomic E-state index is 0.521. The highest BCUT2D eigenvalue weighted by molar-refractivity contribution is 5.71. The van der Waals surface area contributed by atoms with Crippen LogP contribution in [0.25, 0.3) is 5.57 Å². The van der Waals surface area contributed by atoms with Crippen molar-refractivity contribution in [2.75, 3.05) is 5.73 Å². The molecule has 1 aromatic rings. The second-order valence-corrected chi connectivity index (χ2v) is 3.64. The molecule has 1 aliphatic carbocycles. The first-order chi connectivity index (χ1) is 7.22. The SMILES string of the molecule is C/C=C(\c1cc(N)oc1C)C1CC1.CC. The molecule has 1 aromatic heterocycles. The summed E-state index contributed by atoms with van der Waals surface area (Å²) in [4.78, 5) is 0. The molecule has 2 heteroatoms. The molecule has 0 bridgehead atoms. The van der Waals surface area contributed by atoms with Crippen LogP contribution >= 0.6 is 0 Å². The quantitative estimate of drug-likeness (QED) is 0.795. The average Bonchev–Trinajstić information content (AvgIpc) is 2.99. The standard InChI is InChI=1S/C11H15NO.C2H6/c1-3-9(8-4-5-8)10-6-11(12)13-7(10)2;1-2/h3,6,8H,4-5,12H2,1-2H3;1-2H3/b9-3-;. The Bertz CT molecular complexity index is 345. The fourth-order valence-electron chi connectivity index (χ4n) is 1.80. The van der Waals surface area contributed by atoms with Gasteiger partial charge in [0.05, 0.1) is 0 Å². The van der Waals surface area contributed by atoms with E-state index in [4.69, 9.17) is 10.2 Å². The lowest BCUT2D eigenvalue weighted by molar-refractivity contribution is 0.552. The first-order valence-corrected chi connectivity index (χ1v) is 5.75. The zero-order valence-corrected chi connectivity index (χ0v) is 10.1. The van der Waals surface area contributed by atoms with Gasteiger partial charge in [-0.1, -0.05) is 19.9 Å². The summed E-state index contributed by atoms with van der Waals surface area (Å²) < 4.78 is 5.31. The molecule has 0 unspecified atom stereocenters. The maximum absolute atomic E-state index is 5.60. The van der Waals surface area contributed by atoms with E-state index in [-0.39, 0.29) is 0 Å². The van der Waals surface area contributed by atoms with Gasteiger partial charge >= 0.3 is 0 Å². The molecule has 2 N–H and O–H groups in total. The van der Waals surface area contributed by atoms with Gasteiger partial charge in [-0.05, 0) is 38.2 Å². The molecule has 0 atom stereocenters. The van der Waals surface area contributed by atoms with Gasteiger partial charge in [-0.15, -0.1) is 0 Å². The maximum Gasteiger partial charge on any atom is 0.191 e. The molecule has 1 fully saturated rings. The van der Waals surface area contributed by atoms with Gasteiger partial charge in [0.15, 0.2) is 5.88 Å². The van der Waals surface area contributed by atoms with Crippen LogP contribution in [0.4, 0.5) is 5.88 Å². The van der Waals surface area contributed by atoms with Crippen LogP contribution in [-0.2, 0) is 0 Å². The zero-order valence-electron chi connectivity index (χ0n) is 10.1. The molecule has 0 spiro atoms. The Morgan fingerprint density at radius 1 is 1.47 bits per heavy atom. The summed E-state index contributed by atoms with van der Waals surface area (Å²) in [7, 11) is 0. The van der Waals surface area contributed by atoms with Crippen molar-refractivity contribution in [1.29, 1.82) is 0 Å². The van der Waals surface area contributed by atoms with Crippen LogP contribution in [0.5, 0.6) is 0 Å². The number of nitrogen functional groups attached to an aromatic ring is 1. The van der Waals surface area contributed by atoms with Crippen LogP contribution in [0.3, 0.4) is 0 Å². The second kappa shape index (κ2) is 5.06. The third kappa shape index (κ3) is 2.65. The largest absolute Gasteiger partial charge is 0.446 e. The number of anilines is 1. The summed E-state index contributed by atoms with van der Waals surface area (Å²) >= 11 is 0. The van der Waals surface area contributed by atoms with Crippen molar-refractivity contribution in [2.24, 2.45) is 5.92 Å². The molecule has 15 heavy (non-hydrogen) atoms. The van der Waals surface area contributed by atoms with Gasteiger partial charge in [0.1, 0.15) is 5.76 Å². The molecule has 0 amide bonds. The minimum Gasteiger partial charge on any atom is -0.446 e. The Balaban J connectivity index is 0.000000531. The fourth-order valence-corrected chi connectivity index (χ4v) is 1.80. The highest BCUT2D eigenvalue weighted by Gasteiger charge is 2.28. The van der Waals surface area contributed by atoms with E-state index in [1.807, 2.05) is 26.8 Å². The van der Waals surface area contributed by atoms with E-state index < -0.39 is 0 Å². The molecule has 0 aromatic carbocycles. The highest BCUT2D eigenvalue weighted by Crippen LogP contribution is 2.43. The number of nitrogens with two attached hydrogens (primary N) is 1. The van der Waals surface area contributed by atoms with Crippen molar-refractivity contribution < 1.29 is 4.42 Å². The van der Waals surface area contributed by atoms with Gasteiger partial charge in [-0.25, -0.2) is 0 Å². The van der Waals surface area contributed by atoms with E-state index in [0.717, 1.165) is 11.7 Å². The third-order valence-corrected chi connectivity index (χ3v) is 2.58. The smallest absolute Gasteiger partial charge is 0.191 e. The van der Waals surface area contributed by atoms with Gasteiger partial charge in [-0.2, -0.15) is 0 Å². The van der Waals surface area contributed by atoms with E-state index in [2.05, 4.69) is 13.0 Å². The van der Waals surface area contributed by atoms with Gasteiger partial charge < -0.3 is 10.2 Å². The zero-order chi connectivity index (χ0) is 11.4. The van der Waals surface area contributed by atoms with Crippen molar-refractivity contribution in [2.45, 2.75) is 40.5 Å². The molecule has 1 aliphatic rings. The van der Waals surface area contributed by atoms with Crippen LogP contribution < -0.4 is 5.73 Å². The molecule has 0 saturated heterocycles. The second-order valence-electron chi connectivity index (χ2n) is 3.64. The van der Waals surface area contributed by atoms with Crippen molar-refractivity contribution in [3.63, 3.8) is 0 Å². The van der Waals surface area contributed by atoms with E-state index in [0.29, 0.717) is 5.88 Å². The fraction of sp³-hybridized carbons (Fsp3) is 0.538. The Kier molecular flexibility index (Phi) is 4.01. The lowest BCUT2D eigenvalue weighted by Gasteiger charge is -2.01. The molecule has 1 saturated carbocycles. The van der Waals surface area contributed by atoms with Crippen LogP contribution in [0.15, 0.2) is 16.6 Å². The highest BCUT2D eigenvalue weighted by atomic mass is 16.3. The number of furan rings is 1. The summed E-state index contributed by atoms with van der Waals surface area (Å²) in [5, 5.41) is 0. The molecular formula is C13H21NO. The van der Waals surface area contributed by atoms with E-state index in [9.17, 15) is 0 Å². The Hall–Kier alpha value is -1.18. The van der Waals surface area contributed by atoms with Gasteiger partial charge in [0.25, 0.3) is 0 Å². The lowest BCUT2D eigenvalue weighted by atomic mass is 10.0. The molecule has 2 rings (SSSR count). The summed E-state index contributed by atoms with van der Waals surface area (Å²) in [5.74, 6) is 2.21. The number of rotatable bonds is 2. The van der Waals surface area contributed by atoms with Crippen LogP contribution in [0, 0.1) is 12.8 Å². The van der Waals surface area contributed by atoms with E-state index >= 15 is 0 Å². The van der Waals surface area contributed by atoms with Gasteiger partial charge in [0.2, 0.25) is 0 Å². The predicted molar refractivity (Wildman–Crippen MR) is 65.6 cm³/mol. The lowest BCUT2D eigenvalue weighted by Crippen LogP contribution is -1.86. The van der Waals surface area contributed by atoms with Crippen molar-refractivity contribution in [3.8, 4) is 0 Å². The normalized spacial score (nSPS) is 15.9. The summed E-state index contributed by atoms with van der Waals surface area (Å²) in [6.45, 7) is 8.05. The van der Waals surface area contributed by atoms with Crippen LogP contribution in [0.1, 0.15) is 44.9 Å². The molecule has 2 nitrogen and oxygen atoms in total. The Labute approximate surface area is 92.2 Å². The van der Waals surface area contributed by atoms with Crippen LogP contribution in [0.2, 0.25) is 0 Å². The minimum absolute atomic E-state index is 0.521. The summed E-state index contributed by atoms with van der Waals surface area (Å²) in [6, 6.07) is 1.93. The molecule has 84 valence electrons. The summed E-state index contributed by atoms with van der Waals surface area (Å²) in [5.41, 5.74) is 8.20. The third-order valence-electron chi connectivity index (χ3n) is 2.58. The average molecular weight is 207 g/mol. The Morgan fingerprint density at radius 3 is 2.40 bits per heavy atom. The maximum atomic E-state index is 5.60. The van der Waals surface area contributed by atoms with Crippen molar-refractivity contribution in [1.82, 2.24) is 0 Å². The topological polar surface area (TPSA) is 39.2 Å².